The van der Waals surface area contributed by atoms with Gasteiger partial charge in [0, 0.05) is 17.5 Å². The normalized spacial score (nSPS) is 21.0. The van der Waals surface area contributed by atoms with Gasteiger partial charge in [0.15, 0.2) is 5.13 Å². The van der Waals surface area contributed by atoms with Crippen molar-refractivity contribution in [3.05, 3.63) is 35.2 Å². The molecule has 5 nitrogen and oxygen atoms in total. The zero-order valence-corrected chi connectivity index (χ0v) is 13.1. The van der Waals surface area contributed by atoms with E-state index < -0.39 is 23.9 Å². The van der Waals surface area contributed by atoms with Crippen molar-refractivity contribution in [3.8, 4) is 11.3 Å². The predicted molar refractivity (Wildman–Crippen MR) is 83.6 cm³/mol. The minimum absolute atomic E-state index is 0.301. The molecule has 1 aliphatic rings. The van der Waals surface area contributed by atoms with E-state index in [-0.39, 0.29) is 5.91 Å². The summed E-state index contributed by atoms with van der Waals surface area (Å²) in [6.45, 7) is 0.353. The molecule has 1 aromatic carbocycles. The Kier molecular flexibility index (Phi) is 4.57. The van der Waals surface area contributed by atoms with Crippen LogP contribution in [-0.2, 0) is 11.0 Å². The van der Waals surface area contributed by atoms with Crippen molar-refractivity contribution in [1.82, 2.24) is 10.3 Å². The molecule has 2 heterocycles. The van der Waals surface area contributed by atoms with Gasteiger partial charge in [-0.05, 0) is 18.6 Å². The summed E-state index contributed by atoms with van der Waals surface area (Å²) < 4.78 is 38.3. The zero-order valence-electron chi connectivity index (χ0n) is 12.3. The molecule has 1 aliphatic heterocycles. The molecule has 0 spiro atoms. The van der Waals surface area contributed by atoms with Crippen LogP contribution in [0, 0.1) is 0 Å². The highest BCUT2D eigenvalue weighted by Gasteiger charge is 2.31. The first-order valence-corrected chi connectivity index (χ1v) is 8.06. The number of anilines is 1. The molecule has 0 radical (unpaired) electrons. The van der Waals surface area contributed by atoms with Gasteiger partial charge in [-0.1, -0.05) is 12.1 Å². The van der Waals surface area contributed by atoms with Crippen molar-refractivity contribution in [1.29, 1.82) is 0 Å². The summed E-state index contributed by atoms with van der Waals surface area (Å²) in [7, 11) is 0. The van der Waals surface area contributed by atoms with Crippen molar-refractivity contribution >= 4 is 22.4 Å². The number of aliphatic hydroxyl groups excluding tert-OH is 1. The Balaban J connectivity index is 1.73. The van der Waals surface area contributed by atoms with Crippen molar-refractivity contribution < 1.29 is 23.1 Å². The fourth-order valence-electron chi connectivity index (χ4n) is 2.43. The fourth-order valence-corrected chi connectivity index (χ4v) is 3.15. The molecule has 3 rings (SSSR count). The maximum Gasteiger partial charge on any atom is 0.416 e. The Morgan fingerprint density at radius 1 is 1.42 bits per heavy atom. The molecule has 3 N–H and O–H groups in total. The van der Waals surface area contributed by atoms with Crippen molar-refractivity contribution in [2.24, 2.45) is 0 Å². The molecule has 2 unspecified atom stereocenters. The van der Waals surface area contributed by atoms with Crippen LogP contribution in [0.5, 0.6) is 0 Å². The van der Waals surface area contributed by atoms with Crippen LogP contribution in [0.1, 0.15) is 12.0 Å². The molecule has 0 aliphatic carbocycles. The van der Waals surface area contributed by atoms with Crippen LogP contribution in [0.25, 0.3) is 11.3 Å². The fraction of sp³-hybridized carbons (Fsp3) is 0.333. The number of carbonyl (C=O) groups is 1. The average molecular weight is 357 g/mol. The smallest absolute Gasteiger partial charge is 0.392 e. The molecule has 128 valence electrons. The Morgan fingerprint density at radius 3 is 2.88 bits per heavy atom. The van der Waals surface area contributed by atoms with Crippen LogP contribution in [0.4, 0.5) is 18.3 Å². The third-order valence-electron chi connectivity index (χ3n) is 3.64. The first-order valence-electron chi connectivity index (χ1n) is 7.18. The number of nitrogens with one attached hydrogen (secondary N) is 2. The topological polar surface area (TPSA) is 74.2 Å². The quantitative estimate of drug-likeness (QED) is 0.789. The standard InChI is InChI=1S/C15H14F3N3O2S/c16-15(17,18)9-3-1-2-8(4-9)12-7-24-14(20-12)21-13(23)11-5-10(22)6-19-11/h1-4,7,10-11,19,22H,5-6H2,(H,20,21,23). The number of β-amino-alcohol motifs (C(OH)–C–C–N with tert-alkyl or cyclic N) is 1. The number of hydrogen-bond donors (Lipinski definition) is 3. The molecule has 0 saturated carbocycles. The van der Waals surface area contributed by atoms with Gasteiger partial charge in [0.2, 0.25) is 5.91 Å². The Morgan fingerprint density at radius 2 is 2.21 bits per heavy atom. The lowest BCUT2D eigenvalue weighted by atomic mass is 10.1. The maximum atomic E-state index is 12.8. The molecule has 1 fully saturated rings. The first-order chi connectivity index (χ1) is 11.3. The molecule has 1 aromatic heterocycles. The summed E-state index contributed by atoms with van der Waals surface area (Å²) in [6, 6.07) is 4.37. The van der Waals surface area contributed by atoms with E-state index in [9.17, 15) is 23.1 Å². The van der Waals surface area contributed by atoms with E-state index in [4.69, 9.17) is 0 Å². The van der Waals surface area contributed by atoms with Gasteiger partial charge in [0.05, 0.1) is 23.4 Å². The van der Waals surface area contributed by atoms with Gasteiger partial charge in [-0.2, -0.15) is 13.2 Å². The molecule has 2 atom stereocenters. The van der Waals surface area contributed by atoms with E-state index in [1.54, 1.807) is 5.38 Å². The van der Waals surface area contributed by atoms with Gasteiger partial charge < -0.3 is 15.7 Å². The highest BCUT2D eigenvalue weighted by molar-refractivity contribution is 7.14. The Labute approximate surface area is 139 Å². The van der Waals surface area contributed by atoms with Crippen LogP contribution in [0.2, 0.25) is 0 Å². The third kappa shape index (κ3) is 3.74. The number of hydrogen-bond acceptors (Lipinski definition) is 5. The molecule has 0 bridgehead atoms. The van der Waals surface area contributed by atoms with Crippen LogP contribution in [0.15, 0.2) is 29.6 Å². The minimum Gasteiger partial charge on any atom is -0.392 e. The zero-order chi connectivity index (χ0) is 17.3. The van der Waals surface area contributed by atoms with Crippen LogP contribution < -0.4 is 10.6 Å². The number of rotatable bonds is 3. The number of thiazole rings is 1. The van der Waals surface area contributed by atoms with E-state index >= 15 is 0 Å². The second-order valence-electron chi connectivity index (χ2n) is 5.46. The molecular formula is C15H14F3N3O2S. The average Bonchev–Trinajstić information content (AvgIpc) is 3.16. The highest BCUT2D eigenvalue weighted by atomic mass is 32.1. The van der Waals surface area contributed by atoms with Gasteiger partial charge in [-0.25, -0.2) is 4.98 Å². The van der Waals surface area contributed by atoms with Crippen molar-refractivity contribution in [2.75, 3.05) is 11.9 Å². The van der Waals surface area contributed by atoms with E-state index in [2.05, 4.69) is 15.6 Å². The first kappa shape index (κ1) is 16.9. The largest absolute Gasteiger partial charge is 0.416 e. The van der Waals surface area contributed by atoms with E-state index in [1.807, 2.05) is 0 Å². The lowest BCUT2D eigenvalue weighted by Crippen LogP contribution is -2.35. The molecule has 24 heavy (non-hydrogen) atoms. The molecular weight excluding hydrogens is 343 g/mol. The number of amides is 1. The van der Waals surface area contributed by atoms with Crippen LogP contribution in [0.3, 0.4) is 0 Å². The summed E-state index contributed by atoms with van der Waals surface area (Å²) in [5.41, 5.74) is -0.0560. The van der Waals surface area contributed by atoms with Crippen molar-refractivity contribution in [2.45, 2.75) is 24.7 Å². The van der Waals surface area contributed by atoms with Gasteiger partial charge in [-0.15, -0.1) is 11.3 Å². The highest BCUT2D eigenvalue weighted by Crippen LogP contribution is 2.33. The minimum atomic E-state index is -4.42. The number of nitrogens with zero attached hydrogens (tertiary/aromatic N) is 1. The number of benzene rings is 1. The summed E-state index contributed by atoms with van der Waals surface area (Å²) in [5.74, 6) is -0.323. The second kappa shape index (κ2) is 6.50. The van der Waals surface area contributed by atoms with Gasteiger partial charge >= 0.3 is 6.18 Å². The molecule has 1 amide bonds. The summed E-state index contributed by atoms with van der Waals surface area (Å²) >= 11 is 1.13. The summed E-state index contributed by atoms with van der Waals surface area (Å²) in [4.78, 5) is 16.2. The number of alkyl halides is 3. The monoisotopic (exact) mass is 357 g/mol. The number of halogens is 3. The summed E-state index contributed by atoms with van der Waals surface area (Å²) in [6.07, 6.45) is -4.66. The number of aromatic nitrogens is 1. The van der Waals surface area contributed by atoms with Gasteiger partial charge in [0.25, 0.3) is 0 Å². The lowest BCUT2D eigenvalue weighted by Gasteiger charge is -2.08. The van der Waals surface area contributed by atoms with E-state index in [0.29, 0.717) is 29.4 Å². The molecule has 1 saturated heterocycles. The Hall–Kier alpha value is -1.97. The Bertz CT molecular complexity index is 748. The molecule has 9 heteroatoms. The SMILES string of the molecule is O=C(Nc1nc(-c2cccc(C(F)(F)F)c2)cs1)C1CC(O)CN1. The number of carbonyl (C=O) groups excluding carboxylic acids is 1. The van der Waals surface area contributed by atoms with Gasteiger partial charge in [0.1, 0.15) is 0 Å². The van der Waals surface area contributed by atoms with Gasteiger partial charge in [-0.3, -0.25) is 4.79 Å². The third-order valence-corrected chi connectivity index (χ3v) is 4.40. The van der Waals surface area contributed by atoms with E-state index in [1.165, 1.54) is 12.1 Å². The van der Waals surface area contributed by atoms with Crippen LogP contribution in [-0.4, -0.2) is 34.7 Å². The van der Waals surface area contributed by atoms with E-state index in [0.717, 1.165) is 23.5 Å². The second-order valence-corrected chi connectivity index (χ2v) is 6.31. The molecule has 2 aromatic rings. The maximum absolute atomic E-state index is 12.8. The lowest BCUT2D eigenvalue weighted by molar-refractivity contribution is -0.137. The van der Waals surface area contributed by atoms with Crippen molar-refractivity contribution in [3.63, 3.8) is 0 Å². The summed E-state index contributed by atoms with van der Waals surface area (Å²) in [5, 5.41) is 16.8. The number of aliphatic hydroxyl groups is 1. The van der Waals surface area contributed by atoms with Crippen LogP contribution >= 0.6 is 11.3 Å². The predicted octanol–water partition coefficient (Wildman–Crippen LogP) is 2.49.